The van der Waals surface area contributed by atoms with Crippen molar-refractivity contribution in [3.63, 3.8) is 0 Å². The fourth-order valence-corrected chi connectivity index (χ4v) is 1.81. The van der Waals surface area contributed by atoms with Crippen LogP contribution in [0.3, 0.4) is 0 Å². The average Bonchev–Trinajstić information content (AvgIpc) is 2.76. The van der Waals surface area contributed by atoms with Crippen LogP contribution in [0.25, 0.3) is 0 Å². The number of benzene rings is 1. The van der Waals surface area contributed by atoms with Gasteiger partial charge in [-0.3, -0.25) is 0 Å². The molecule has 0 saturated carbocycles. The molecule has 1 aromatic carbocycles. The molecule has 0 aliphatic heterocycles. The van der Waals surface area contributed by atoms with Crippen molar-refractivity contribution in [3.8, 4) is 5.75 Å². The molecule has 96 valence electrons. The zero-order valence-corrected chi connectivity index (χ0v) is 10.3. The Kier molecular flexibility index (Phi) is 3.72. The minimum atomic E-state index is -0.172. The molecular weight excluding hydrogens is 230 g/mol. The van der Waals surface area contributed by atoms with Crippen LogP contribution in [0.5, 0.6) is 5.75 Å². The van der Waals surface area contributed by atoms with Crippen molar-refractivity contribution in [2.75, 3.05) is 11.9 Å². The van der Waals surface area contributed by atoms with Gasteiger partial charge in [0.05, 0.1) is 5.69 Å². The summed E-state index contributed by atoms with van der Waals surface area (Å²) in [6.45, 7) is 2.61. The van der Waals surface area contributed by atoms with E-state index in [4.69, 9.17) is 0 Å². The number of hydrogen-bond donors (Lipinski definition) is 4. The Balaban J connectivity index is 1.82. The van der Waals surface area contributed by atoms with Crippen LogP contribution in [-0.4, -0.2) is 21.6 Å². The van der Waals surface area contributed by atoms with Crippen LogP contribution in [0.1, 0.15) is 17.7 Å². The second-order valence-corrected chi connectivity index (χ2v) is 4.27. The maximum absolute atomic E-state index is 10.9. The SMILES string of the molecule is Cc1cccc(NCCCc2c[nH]c(=O)[nH]2)c1O. The Labute approximate surface area is 105 Å². The molecule has 1 aromatic heterocycles. The highest BCUT2D eigenvalue weighted by Crippen LogP contribution is 2.26. The molecule has 0 amide bonds. The molecule has 18 heavy (non-hydrogen) atoms. The van der Waals surface area contributed by atoms with Crippen molar-refractivity contribution in [1.82, 2.24) is 9.97 Å². The van der Waals surface area contributed by atoms with Crippen LogP contribution >= 0.6 is 0 Å². The first-order chi connectivity index (χ1) is 8.66. The molecule has 0 bridgehead atoms. The molecule has 5 heteroatoms. The van der Waals surface area contributed by atoms with E-state index in [1.807, 2.05) is 25.1 Å². The van der Waals surface area contributed by atoms with Gasteiger partial charge in [0.15, 0.2) is 0 Å². The fourth-order valence-electron chi connectivity index (χ4n) is 1.81. The number of phenolic OH excluding ortho intramolecular Hbond substituents is 1. The van der Waals surface area contributed by atoms with E-state index < -0.39 is 0 Å². The number of rotatable bonds is 5. The number of para-hydroxylation sites is 1. The molecular formula is C13H17N3O2. The van der Waals surface area contributed by atoms with E-state index in [1.165, 1.54) is 0 Å². The highest BCUT2D eigenvalue weighted by molar-refractivity contribution is 5.58. The lowest BCUT2D eigenvalue weighted by molar-refractivity contribution is 0.473. The van der Waals surface area contributed by atoms with Gasteiger partial charge in [-0.2, -0.15) is 0 Å². The summed E-state index contributed by atoms with van der Waals surface area (Å²) in [6, 6.07) is 5.62. The summed E-state index contributed by atoms with van der Waals surface area (Å²) in [6.07, 6.45) is 3.35. The molecule has 0 spiro atoms. The van der Waals surface area contributed by atoms with Crippen molar-refractivity contribution < 1.29 is 5.11 Å². The summed E-state index contributed by atoms with van der Waals surface area (Å²) in [5.74, 6) is 0.299. The summed E-state index contributed by atoms with van der Waals surface area (Å²) in [5, 5.41) is 13.0. The van der Waals surface area contributed by atoms with E-state index in [9.17, 15) is 9.90 Å². The summed E-state index contributed by atoms with van der Waals surface area (Å²) in [5.41, 5.74) is 2.33. The topological polar surface area (TPSA) is 80.9 Å². The number of H-pyrrole nitrogens is 2. The number of anilines is 1. The van der Waals surface area contributed by atoms with E-state index in [-0.39, 0.29) is 5.69 Å². The van der Waals surface area contributed by atoms with Crippen molar-refractivity contribution >= 4 is 5.69 Å². The zero-order valence-electron chi connectivity index (χ0n) is 10.3. The summed E-state index contributed by atoms with van der Waals surface area (Å²) in [7, 11) is 0. The normalized spacial score (nSPS) is 10.5. The van der Waals surface area contributed by atoms with Gasteiger partial charge < -0.3 is 20.4 Å². The first-order valence-electron chi connectivity index (χ1n) is 5.96. The maximum Gasteiger partial charge on any atom is 0.323 e. The Morgan fingerprint density at radius 1 is 1.39 bits per heavy atom. The maximum atomic E-state index is 10.9. The number of hydrogen-bond acceptors (Lipinski definition) is 3. The molecule has 0 fully saturated rings. The Morgan fingerprint density at radius 3 is 2.94 bits per heavy atom. The van der Waals surface area contributed by atoms with Crippen LogP contribution in [0.4, 0.5) is 5.69 Å². The van der Waals surface area contributed by atoms with Gasteiger partial charge in [0.2, 0.25) is 0 Å². The first kappa shape index (κ1) is 12.3. The lowest BCUT2D eigenvalue weighted by Crippen LogP contribution is -2.05. The van der Waals surface area contributed by atoms with E-state index in [2.05, 4.69) is 15.3 Å². The smallest absolute Gasteiger partial charge is 0.323 e. The Bertz CT molecular complexity index is 572. The molecule has 0 atom stereocenters. The van der Waals surface area contributed by atoms with Crippen LogP contribution < -0.4 is 11.0 Å². The Morgan fingerprint density at radius 2 is 2.22 bits per heavy atom. The van der Waals surface area contributed by atoms with Crippen molar-refractivity contribution in [1.29, 1.82) is 0 Å². The second-order valence-electron chi connectivity index (χ2n) is 4.27. The molecule has 2 aromatic rings. The van der Waals surface area contributed by atoms with Gasteiger partial charge in [-0.1, -0.05) is 12.1 Å². The Hall–Kier alpha value is -2.17. The molecule has 0 radical (unpaired) electrons. The third-order valence-electron chi connectivity index (χ3n) is 2.83. The quantitative estimate of drug-likeness (QED) is 0.480. The molecule has 5 nitrogen and oxygen atoms in total. The van der Waals surface area contributed by atoms with Gasteiger partial charge in [0.25, 0.3) is 0 Å². The molecule has 1 heterocycles. The van der Waals surface area contributed by atoms with E-state index >= 15 is 0 Å². The summed E-state index contributed by atoms with van der Waals surface area (Å²) >= 11 is 0. The minimum Gasteiger partial charge on any atom is -0.506 e. The fraction of sp³-hybridized carbons (Fsp3) is 0.308. The molecule has 0 saturated heterocycles. The predicted octanol–water partition coefficient (Wildman–Crippen LogP) is 1.76. The highest BCUT2D eigenvalue weighted by atomic mass is 16.3. The number of imidazole rings is 1. The van der Waals surface area contributed by atoms with E-state index in [0.717, 1.165) is 36.3 Å². The van der Waals surface area contributed by atoms with Crippen LogP contribution in [0.15, 0.2) is 29.2 Å². The number of phenols is 1. The van der Waals surface area contributed by atoms with Crippen LogP contribution in [0.2, 0.25) is 0 Å². The van der Waals surface area contributed by atoms with Gasteiger partial charge in [0.1, 0.15) is 5.75 Å². The number of nitrogens with one attached hydrogen (secondary N) is 3. The van der Waals surface area contributed by atoms with Gasteiger partial charge >= 0.3 is 5.69 Å². The van der Waals surface area contributed by atoms with E-state index in [1.54, 1.807) is 6.20 Å². The highest BCUT2D eigenvalue weighted by Gasteiger charge is 2.02. The lowest BCUT2D eigenvalue weighted by atomic mass is 10.2. The van der Waals surface area contributed by atoms with Gasteiger partial charge in [0, 0.05) is 18.4 Å². The number of aromatic hydroxyl groups is 1. The van der Waals surface area contributed by atoms with Crippen LogP contribution in [0, 0.1) is 6.92 Å². The van der Waals surface area contributed by atoms with Crippen molar-refractivity contribution in [2.45, 2.75) is 19.8 Å². The van der Waals surface area contributed by atoms with Crippen molar-refractivity contribution in [3.05, 3.63) is 46.1 Å². The number of aryl methyl sites for hydroxylation is 2. The number of aromatic amines is 2. The lowest BCUT2D eigenvalue weighted by Gasteiger charge is -2.09. The van der Waals surface area contributed by atoms with E-state index in [0.29, 0.717) is 5.75 Å². The summed E-state index contributed by atoms with van der Waals surface area (Å²) < 4.78 is 0. The van der Waals surface area contributed by atoms with Gasteiger partial charge in [-0.15, -0.1) is 0 Å². The zero-order chi connectivity index (χ0) is 13.0. The molecule has 0 unspecified atom stereocenters. The third-order valence-corrected chi connectivity index (χ3v) is 2.83. The standard InChI is InChI=1S/C13H17N3O2/c1-9-4-2-6-11(12(9)17)14-7-3-5-10-8-15-13(18)16-10/h2,4,6,8,14,17H,3,5,7H2,1H3,(H2,15,16,18). The van der Waals surface area contributed by atoms with Crippen LogP contribution in [-0.2, 0) is 6.42 Å². The molecule has 0 aliphatic carbocycles. The molecule has 0 aliphatic rings. The summed E-state index contributed by atoms with van der Waals surface area (Å²) in [4.78, 5) is 16.1. The second kappa shape index (κ2) is 5.44. The molecule has 2 rings (SSSR count). The third kappa shape index (κ3) is 2.94. The largest absolute Gasteiger partial charge is 0.506 e. The van der Waals surface area contributed by atoms with Crippen molar-refractivity contribution in [2.24, 2.45) is 0 Å². The predicted molar refractivity (Wildman–Crippen MR) is 71.1 cm³/mol. The molecule has 4 N–H and O–H groups in total. The monoisotopic (exact) mass is 247 g/mol. The average molecular weight is 247 g/mol. The minimum absolute atomic E-state index is 0.172. The number of aromatic nitrogens is 2. The van der Waals surface area contributed by atoms with Gasteiger partial charge in [-0.05, 0) is 31.4 Å². The van der Waals surface area contributed by atoms with Gasteiger partial charge in [-0.25, -0.2) is 4.79 Å². The first-order valence-corrected chi connectivity index (χ1v) is 5.96.